The second-order valence-corrected chi connectivity index (χ2v) is 10.1. The minimum Gasteiger partial charge on any atom is -0.345 e. The van der Waals surface area contributed by atoms with Gasteiger partial charge in [-0.05, 0) is 55.3 Å². The number of carbonyl (C=O) groups is 1. The molecule has 0 saturated carbocycles. The third-order valence-corrected chi connectivity index (χ3v) is 8.01. The lowest BCUT2D eigenvalue weighted by molar-refractivity contribution is 0.0949. The standard InChI is InChI=1S/C25H24N4O3S/c1-17-14-18-8-3-5-12-22(18)29(17)33(31,32)20-10-7-9-19(15-20)25(30)26-16-24-27-21-11-4-6-13-23(21)28(24)2/h3-13,15,17H,14,16H2,1-2H3,(H,26,30). The predicted molar refractivity (Wildman–Crippen MR) is 128 cm³/mol. The molecule has 168 valence electrons. The molecule has 0 spiro atoms. The van der Waals surface area contributed by atoms with Crippen molar-refractivity contribution in [2.24, 2.45) is 7.05 Å². The summed E-state index contributed by atoms with van der Waals surface area (Å²) in [5, 5.41) is 2.86. The van der Waals surface area contributed by atoms with Gasteiger partial charge in [0.15, 0.2) is 0 Å². The first-order valence-corrected chi connectivity index (χ1v) is 12.2. The highest BCUT2D eigenvalue weighted by Crippen LogP contribution is 2.36. The molecule has 8 heteroatoms. The van der Waals surface area contributed by atoms with Crippen LogP contribution in [0.1, 0.15) is 28.7 Å². The van der Waals surface area contributed by atoms with Crippen molar-refractivity contribution < 1.29 is 13.2 Å². The van der Waals surface area contributed by atoms with Gasteiger partial charge in [0, 0.05) is 18.7 Å². The van der Waals surface area contributed by atoms with Gasteiger partial charge in [-0.3, -0.25) is 9.10 Å². The van der Waals surface area contributed by atoms with Crippen LogP contribution in [0, 0.1) is 0 Å². The molecule has 7 nitrogen and oxygen atoms in total. The van der Waals surface area contributed by atoms with Crippen LogP contribution in [0.5, 0.6) is 0 Å². The number of anilines is 1. The Labute approximate surface area is 192 Å². The highest BCUT2D eigenvalue weighted by molar-refractivity contribution is 7.92. The van der Waals surface area contributed by atoms with Crippen LogP contribution in [0.25, 0.3) is 11.0 Å². The highest BCUT2D eigenvalue weighted by Gasteiger charge is 2.36. The lowest BCUT2D eigenvalue weighted by Crippen LogP contribution is -2.35. The molecule has 4 aromatic rings. The molecule has 0 aliphatic carbocycles. The molecule has 1 unspecified atom stereocenters. The molecule has 0 radical (unpaired) electrons. The number of para-hydroxylation sites is 3. The average Bonchev–Trinajstić information content (AvgIpc) is 3.33. The summed E-state index contributed by atoms with van der Waals surface area (Å²) in [7, 11) is -1.91. The van der Waals surface area contributed by atoms with E-state index in [1.54, 1.807) is 12.1 Å². The molecule has 5 rings (SSSR count). The van der Waals surface area contributed by atoms with E-state index >= 15 is 0 Å². The van der Waals surface area contributed by atoms with Crippen LogP contribution in [0.15, 0.2) is 77.7 Å². The van der Waals surface area contributed by atoms with Crippen molar-refractivity contribution in [3.63, 3.8) is 0 Å². The molecule has 1 aromatic heterocycles. The average molecular weight is 461 g/mol. The van der Waals surface area contributed by atoms with E-state index in [1.165, 1.54) is 16.4 Å². The smallest absolute Gasteiger partial charge is 0.264 e. The third-order valence-electron chi connectivity index (χ3n) is 6.08. The van der Waals surface area contributed by atoms with Crippen LogP contribution >= 0.6 is 0 Å². The van der Waals surface area contributed by atoms with Crippen LogP contribution < -0.4 is 9.62 Å². The van der Waals surface area contributed by atoms with E-state index in [1.807, 2.05) is 67.1 Å². The summed E-state index contributed by atoms with van der Waals surface area (Å²) in [6.45, 7) is 2.13. The van der Waals surface area contributed by atoms with Crippen molar-refractivity contribution in [1.29, 1.82) is 0 Å². The third kappa shape index (κ3) is 3.66. The number of fused-ring (bicyclic) bond motifs is 2. The molecule has 0 bridgehead atoms. The van der Waals surface area contributed by atoms with Crippen LogP contribution in [-0.2, 0) is 30.0 Å². The quantitative estimate of drug-likeness (QED) is 0.493. The summed E-state index contributed by atoms with van der Waals surface area (Å²) in [6.07, 6.45) is 0.660. The normalized spacial score (nSPS) is 15.6. The molecule has 1 aliphatic rings. The molecular weight excluding hydrogens is 436 g/mol. The molecule has 0 fully saturated rings. The van der Waals surface area contributed by atoms with Gasteiger partial charge in [-0.25, -0.2) is 13.4 Å². The van der Waals surface area contributed by atoms with E-state index in [0.717, 1.165) is 22.4 Å². The highest BCUT2D eigenvalue weighted by atomic mass is 32.2. The minimum atomic E-state index is -3.81. The SMILES string of the molecule is CC1Cc2ccccc2N1S(=O)(=O)c1cccc(C(=O)NCc2nc3ccccc3n2C)c1. The summed E-state index contributed by atoms with van der Waals surface area (Å²) >= 11 is 0. The number of aromatic nitrogens is 2. The Bertz CT molecular complexity index is 1480. The van der Waals surface area contributed by atoms with Gasteiger partial charge in [-0.2, -0.15) is 0 Å². The Hall–Kier alpha value is -3.65. The first kappa shape index (κ1) is 21.2. The van der Waals surface area contributed by atoms with E-state index in [9.17, 15) is 13.2 Å². The van der Waals surface area contributed by atoms with Gasteiger partial charge < -0.3 is 9.88 Å². The van der Waals surface area contributed by atoms with Gasteiger partial charge in [-0.15, -0.1) is 0 Å². The Kier molecular flexibility index (Phi) is 5.17. The second-order valence-electron chi connectivity index (χ2n) is 8.27. The molecule has 3 aromatic carbocycles. The van der Waals surface area contributed by atoms with Crippen LogP contribution in [0.2, 0.25) is 0 Å². The number of carbonyl (C=O) groups excluding carboxylic acids is 1. The van der Waals surface area contributed by atoms with Crippen molar-refractivity contribution in [3.05, 3.63) is 89.7 Å². The summed E-state index contributed by atoms with van der Waals surface area (Å²) in [6, 6.07) is 21.3. The fraction of sp³-hybridized carbons (Fsp3) is 0.200. The van der Waals surface area contributed by atoms with Crippen molar-refractivity contribution in [2.45, 2.75) is 30.8 Å². The molecule has 33 heavy (non-hydrogen) atoms. The molecule has 1 aliphatic heterocycles. The minimum absolute atomic E-state index is 0.0985. The maximum atomic E-state index is 13.5. The fourth-order valence-electron chi connectivity index (χ4n) is 4.43. The zero-order chi connectivity index (χ0) is 23.2. The Morgan fingerprint density at radius 2 is 1.82 bits per heavy atom. The van der Waals surface area contributed by atoms with Crippen molar-refractivity contribution in [2.75, 3.05) is 4.31 Å². The second kappa shape index (κ2) is 8.04. The molecule has 2 heterocycles. The lowest BCUT2D eigenvalue weighted by atomic mass is 10.1. The van der Waals surface area contributed by atoms with Crippen molar-refractivity contribution >= 4 is 32.7 Å². The van der Waals surface area contributed by atoms with Gasteiger partial charge in [0.05, 0.1) is 28.2 Å². The number of rotatable bonds is 5. The number of imidazole rings is 1. The fourth-order valence-corrected chi connectivity index (χ4v) is 6.17. The van der Waals surface area contributed by atoms with Gasteiger partial charge in [-0.1, -0.05) is 36.4 Å². The summed E-state index contributed by atoms with van der Waals surface area (Å²) in [4.78, 5) is 17.5. The number of amides is 1. The molecule has 1 N–H and O–H groups in total. The van der Waals surface area contributed by atoms with Crippen LogP contribution in [0.4, 0.5) is 5.69 Å². The Morgan fingerprint density at radius 3 is 2.64 bits per heavy atom. The number of aryl methyl sites for hydroxylation is 1. The van der Waals surface area contributed by atoms with Crippen LogP contribution in [0.3, 0.4) is 0 Å². The zero-order valence-corrected chi connectivity index (χ0v) is 19.2. The first-order chi connectivity index (χ1) is 15.9. The number of hydrogen-bond donors (Lipinski definition) is 1. The van der Waals surface area contributed by atoms with Crippen LogP contribution in [-0.4, -0.2) is 29.9 Å². The first-order valence-electron chi connectivity index (χ1n) is 10.8. The van der Waals surface area contributed by atoms with Gasteiger partial charge in [0.1, 0.15) is 5.82 Å². The topological polar surface area (TPSA) is 84.3 Å². The molecule has 1 amide bonds. The largest absolute Gasteiger partial charge is 0.345 e. The summed E-state index contributed by atoms with van der Waals surface area (Å²) < 4.78 is 30.4. The van der Waals surface area contributed by atoms with Gasteiger partial charge in [0.25, 0.3) is 15.9 Å². The number of benzene rings is 3. The van der Waals surface area contributed by atoms with Gasteiger partial charge in [0.2, 0.25) is 0 Å². The number of nitrogens with zero attached hydrogens (tertiary/aromatic N) is 3. The summed E-state index contributed by atoms with van der Waals surface area (Å²) in [5.74, 6) is 0.366. The van der Waals surface area contributed by atoms with E-state index in [2.05, 4.69) is 10.3 Å². The monoisotopic (exact) mass is 460 g/mol. The lowest BCUT2D eigenvalue weighted by Gasteiger charge is -2.24. The maximum Gasteiger partial charge on any atom is 0.264 e. The number of sulfonamides is 1. The van der Waals surface area contributed by atoms with E-state index in [4.69, 9.17) is 0 Å². The van der Waals surface area contributed by atoms with E-state index < -0.39 is 10.0 Å². The van der Waals surface area contributed by atoms with Crippen molar-refractivity contribution in [1.82, 2.24) is 14.9 Å². The Morgan fingerprint density at radius 1 is 1.06 bits per heavy atom. The van der Waals surface area contributed by atoms with E-state index in [0.29, 0.717) is 12.1 Å². The maximum absolute atomic E-state index is 13.5. The molecule has 0 saturated heterocycles. The molecular formula is C25H24N4O3S. The zero-order valence-electron chi connectivity index (χ0n) is 18.4. The predicted octanol–water partition coefficient (Wildman–Crippen LogP) is 3.64. The Balaban J connectivity index is 1.38. The summed E-state index contributed by atoms with van der Waals surface area (Å²) in [5.41, 5.74) is 3.83. The van der Waals surface area contributed by atoms with Gasteiger partial charge >= 0.3 is 0 Å². The van der Waals surface area contributed by atoms with Crippen molar-refractivity contribution in [3.8, 4) is 0 Å². The molecule has 1 atom stereocenters. The number of hydrogen-bond acceptors (Lipinski definition) is 4. The van der Waals surface area contributed by atoms with E-state index in [-0.39, 0.29) is 29.0 Å². The number of nitrogens with one attached hydrogen (secondary N) is 1.